The summed E-state index contributed by atoms with van der Waals surface area (Å²) in [5.74, 6) is -1.14. The molecule has 1 aromatic carbocycles. The summed E-state index contributed by atoms with van der Waals surface area (Å²) in [4.78, 5) is 24.1. The van der Waals surface area contributed by atoms with Crippen molar-refractivity contribution in [3.8, 4) is 0 Å². The smallest absolute Gasteiger partial charge is 0.335 e. The Labute approximate surface area is 111 Å². The lowest BCUT2D eigenvalue weighted by molar-refractivity contribution is -0.120. The average molecular weight is 266 g/mol. The van der Waals surface area contributed by atoms with Gasteiger partial charge in [0.2, 0.25) is 5.91 Å². The van der Waals surface area contributed by atoms with Crippen LogP contribution >= 0.6 is 0 Å². The number of methoxy groups -OCH3 is 1. The van der Waals surface area contributed by atoms with Gasteiger partial charge in [-0.25, -0.2) is 4.79 Å². The van der Waals surface area contributed by atoms with Crippen LogP contribution in [0.15, 0.2) is 24.3 Å². The first kappa shape index (κ1) is 15.1. The molecule has 0 fully saturated rings. The first-order chi connectivity index (χ1) is 8.99. The first-order valence-electron chi connectivity index (χ1n) is 5.82. The van der Waals surface area contributed by atoms with E-state index in [4.69, 9.17) is 15.6 Å². The normalized spacial score (nSPS) is 11.9. The van der Waals surface area contributed by atoms with Gasteiger partial charge in [-0.1, -0.05) is 0 Å². The molecule has 0 heterocycles. The number of nitrogens with two attached hydrogens (primary N) is 1. The van der Waals surface area contributed by atoms with Gasteiger partial charge in [0.1, 0.15) is 0 Å². The minimum absolute atomic E-state index is 0.139. The highest BCUT2D eigenvalue weighted by atomic mass is 16.5. The fourth-order valence-electron chi connectivity index (χ4n) is 1.57. The van der Waals surface area contributed by atoms with Crippen LogP contribution in [0.2, 0.25) is 0 Å². The molecule has 0 aromatic heterocycles. The summed E-state index contributed by atoms with van der Waals surface area (Å²) >= 11 is 0. The van der Waals surface area contributed by atoms with Crippen LogP contribution in [0.3, 0.4) is 0 Å². The van der Waals surface area contributed by atoms with Crippen LogP contribution in [-0.4, -0.2) is 43.8 Å². The highest BCUT2D eigenvalue weighted by Crippen LogP contribution is 2.15. The van der Waals surface area contributed by atoms with Crippen molar-refractivity contribution in [1.82, 2.24) is 0 Å². The SMILES string of the molecule is COC(CN)CC(=O)N(C)c1ccc(C(=O)O)cc1. The molecule has 0 aliphatic rings. The first-order valence-corrected chi connectivity index (χ1v) is 5.82. The Kier molecular flexibility index (Phi) is 5.47. The number of amides is 1. The Balaban J connectivity index is 2.73. The van der Waals surface area contributed by atoms with Gasteiger partial charge in [-0.3, -0.25) is 4.79 Å². The van der Waals surface area contributed by atoms with Crippen molar-refractivity contribution in [2.45, 2.75) is 12.5 Å². The maximum Gasteiger partial charge on any atom is 0.335 e. The van der Waals surface area contributed by atoms with Crippen molar-refractivity contribution in [2.24, 2.45) is 5.73 Å². The van der Waals surface area contributed by atoms with Crippen molar-refractivity contribution in [1.29, 1.82) is 0 Å². The monoisotopic (exact) mass is 266 g/mol. The third-order valence-electron chi connectivity index (χ3n) is 2.87. The van der Waals surface area contributed by atoms with Crippen molar-refractivity contribution in [3.63, 3.8) is 0 Å². The standard InChI is InChI=1S/C13H18N2O4/c1-15(12(16)7-11(8-14)19-2)10-5-3-9(4-6-10)13(17)18/h3-6,11H,7-8,14H2,1-2H3,(H,17,18). The van der Waals surface area contributed by atoms with E-state index in [1.165, 1.54) is 24.1 Å². The molecule has 1 rings (SSSR count). The Morgan fingerprint density at radius 3 is 2.37 bits per heavy atom. The van der Waals surface area contributed by atoms with Crippen molar-refractivity contribution >= 4 is 17.6 Å². The summed E-state index contributed by atoms with van der Waals surface area (Å²) < 4.78 is 5.06. The molecule has 0 aliphatic carbocycles. The van der Waals surface area contributed by atoms with Gasteiger partial charge in [-0.2, -0.15) is 0 Å². The molecule has 0 bridgehead atoms. The lowest BCUT2D eigenvalue weighted by Crippen LogP contribution is -2.33. The van der Waals surface area contributed by atoms with E-state index in [1.807, 2.05) is 0 Å². The molecule has 0 aliphatic heterocycles. The summed E-state index contributed by atoms with van der Waals surface area (Å²) in [6, 6.07) is 6.09. The second kappa shape index (κ2) is 6.86. The van der Waals surface area contributed by atoms with Gasteiger partial charge in [-0.05, 0) is 24.3 Å². The van der Waals surface area contributed by atoms with E-state index in [2.05, 4.69) is 0 Å². The van der Waals surface area contributed by atoms with Crippen LogP contribution in [0.1, 0.15) is 16.8 Å². The Hall–Kier alpha value is -1.92. The van der Waals surface area contributed by atoms with E-state index in [0.717, 1.165) is 0 Å². The second-order valence-electron chi connectivity index (χ2n) is 4.10. The van der Waals surface area contributed by atoms with E-state index >= 15 is 0 Å². The number of aromatic carboxylic acids is 1. The Bertz CT molecular complexity index is 440. The Morgan fingerprint density at radius 2 is 1.95 bits per heavy atom. The van der Waals surface area contributed by atoms with Crippen LogP contribution in [0, 0.1) is 0 Å². The van der Waals surface area contributed by atoms with E-state index in [1.54, 1.807) is 19.2 Å². The van der Waals surface area contributed by atoms with Crippen molar-refractivity contribution < 1.29 is 19.4 Å². The number of hydrogen-bond donors (Lipinski definition) is 2. The number of carboxylic acids is 1. The number of anilines is 1. The lowest BCUT2D eigenvalue weighted by atomic mass is 10.2. The number of carbonyl (C=O) groups is 2. The van der Waals surface area contributed by atoms with Crippen LogP contribution in [-0.2, 0) is 9.53 Å². The van der Waals surface area contributed by atoms with Crippen molar-refractivity contribution in [3.05, 3.63) is 29.8 Å². The van der Waals surface area contributed by atoms with Crippen LogP contribution in [0.25, 0.3) is 0 Å². The van der Waals surface area contributed by atoms with Gasteiger partial charge in [0, 0.05) is 26.4 Å². The topological polar surface area (TPSA) is 92.9 Å². The van der Waals surface area contributed by atoms with Crippen LogP contribution < -0.4 is 10.6 Å². The predicted molar refractivity (Wildman–Crippen MR) is 71.3 cm³/mol. The van der Waals surface area contributed by atoms with Crippen molar-refractivity contribution in [2.75, 3.05) is 25.6 Å². The summed E-state index contributed by atoms with van der Waals surface area (Å²) in [5.41, 5.74) is 6.27. The summed E-state index contributed by atoms with van der Waals surface area (Å²) in [5, 5.41) is 8.80. The molecule has 0 spiro atoms. The predicted octanol–water partition coefficient (Wildman–Crippen LogP) is 0.711. The van der Waals surface area contributed by atoms with Gasteiger partial charge < -0.3 is 20.5 Å². The minimum atomic E-state index is -0.997. The fourth-order valence-corrected chi connectivity index (χ4v) is 1.57. The molecule has 0 saturated heterocycles. The molecule has 0 radical (unpaired) electrons. The quantitative estimate of drug-likeness (QED) is 0.791. The highest BCUT2D eigenvalue weighted by molar-refractivity contribution is 5.94. The molecule has 1 amide bonds. The van der Waals surface area contributed by atoms with Gasteiger partial charge in [0.05, 0.1) is 18.1 Å². The van der Waals surface area contributed by atoms with Crippen LogP contribution in [0.4, 0.5) is 5.69 Å². The lowest BCUT2D eigenvalue weighted by Gasteiger charge is -2.20. The average Bonchev–Trinajstić information content (AvgIpc) is 2.43. The van der Waals surface area contributed by atoms with Gasteiger partial charge in [0.25, 0.3) is 0 Å². The number of carboxylic acid groups (broad SMARTS) is 1. The zero-order chi connectivity index (χ0) is 14.4. The maximum absolute atomic E-state index is 12.0. The van der Waals surface area contributed by atoms with Gasteiger partial charge in [0.15, 0.2) is 0 Å². The molecule has 6 nitrogen and oxygen atoms in total. The van der Waals surface area contributed by atoms with E-state index < -0.39 is 5.97 Å². The summed E-state index contributed by atoms with van der Waals surface area (Å²) in [7, 11) is 3.13. The molecule has 3 N–H and O–H groups in total. The second-order valence-corrected chi connectivity index (χ2v) is 4.10. The van der Waals surface area contributed by atoms with Gasteiger partial charge >= 0.3 is 5.97 Å². The Morgan fingerprint density at radius 1 is 1.37 bits per heavy atom. The molecule has 1 atom stereocenters. The molecule has 6 heteroatoms. The number of carbonyl (C=O) groups excluding carboxylic acids is 1. The molecule has 1 aromatic rings. The number of ether oxygens (including phenoxy) is 1. The van der Waals surface area contributed by atoms with E-state index in [9.17, 15) is 9.59 Å². The third kappa shape index (κ3) is 4.04. The molecule has 104 valence electrons. The number of rotatable bonds is 6. The molecule has 1 unspecified atom stereocenters. The summed E-state index contributed by atoms with van der Waals surface area (Å²) in [6.07, 6.45) is -0.127. The molecular weight excluding hydrogens is 248 g/mol. The molecule has 19 heavy (non-hydrogen) atoms. The number of hydrogen-bond acceptors (Lipinski definition) is 4. The van der Waals surface area contributed by atoms with E-state index in [0.29, 0.717) is 5.69 Å². The number of benzene rings is 1. The third-order valence-corrected chi connectivity index (χ3v) is 2.87. The van der Waals surface area contributed by atoms with Crippen LogP contribution in [0.5, 0.6) is 0 Å². The number of nitrogens with zero attached hydrogens (tertiary/aromatic N) is 1. The van der Waals surface area contributed by atoms with E-state index in [-0.39, 0.29) is 30.5 Å². The van der Waals surface area contributed by atoms with Gasteiger partial charge in [-0.15, -0.1) is 0 Å². The maximum atomic E-state index is 12.0. The fraction of sp³-hybridized carbons (Fsp3) is 0.385. The highest BCUT2D eigenvalue weighted by Gasteiger charge is 2.16. The minimum Gasteiger partial charge on any atom is -0.478 e. The zero-order valence-corrected chi connectivity index (χ0v) is 11.0. The zero-order valence-electron chi connectivity index (χ0n) is 11.0. The molecule has 0 saturated carbocycles. The largest absolute Gasteiger partial charge is 0.478 e. The summed E-state index contributed by atoms with van der Waals surface area (Å²) in [6.45, 7) is 0.272. The molecular formula is C13H18N2O4.